The van der Waals surface area contributed by atoms with Crippen LogP contribution in [0.25, 0.3) is 0 Å². The fourth-order valence-electron chi connectivity index (χ4n) is 1.01. The molecule has 0 aliphatic rings. The van der Waals surface area contributed by atoms with E-state index in [1.807, 2.05) is 12.1 Å². The smallest absolute Gasteiger partial charge is 0.240 e. The summed E-state index contributed by atoms with van der Waals surface area (Å²) in [6.45, 7) is 0.269. The molecular weight excluding hydrogens is 170 g/mol. The van der Waals surface area contributed by atoms with Gasteiger partial charge in [-0.1, -0.05) is 5.16 Å². The summed E-state index contributed by atoms with van der Waals surface area (Å²) in [5, 5.41) is 3.74. The predicted octanol–water partition coefficient (Wildman–Crippen LogP) is 0.712. The first-order valence-corrected chi connectivity index (χ1v) is 3.92. The van der Waals surface area contributed by atoms with Gasteiger partial charge in [0.15, 0.2) is 5.82 Å². The highest BCUT2D eigenvalue weighted by Crippen LogP contribution is 2.06. The number of nitrogens with zero attached hydrogens (tertiary/aromatic N) is 2. The molecular formula is C8H9N3O2. The van der Waals surface area contributed by atoms with Crippen molar-refractivity contribution >= 4 is 0 Å². The highest BCUT2D eigenvalue weighted by atomic mass is 16.5. The molecule has 0 spiro atoms. The van der Waals surface area contributed by atoms with Crippen molar-refractivity contribution in [3.05, 3.63) is 35.9 Å². The van der Waals surface area contributed by atoms with Crippen LogP contribution in [0.2, 0.25) is 0 Å². The molecule has 0 radical (unpaired) electrons. The summed E-state index contributed by atoms with van der Waals surface area (Å²) in [6.07, 6.45) is 2.15. The number of aromatic nitrogens is 2. The lowest BCUT2D eigenvalue weighted by Crippen LogP contribution is -1.96. The summed E-state index contributed by atoms with van der Waals surface area (Å²) >= 11 is 0. The first kappa shape index (κ1) is 8.00. The number of hydrogen-bond acceptors (Lipinski definition) is 5. The molecule has 13 heavy (non-hydrogen) atoms. The van der Waals surface area contributed by atoms with Gasteiger partial charge in [-0.2, -0.15) is 4.98 Å². The Balaban J connectivity index is 2.10. The van der Waals surface area contributed by atoms with Crippen LogP contribution in [0.3, 0.4) is 0 Å². The SMILES string of the molecule is NCc1nc(Cc2ccco2)no1. The van der Waals surface area contributed by atoms with E-state index in [1.165, 1.54) is 0 Å². The van der Waals surface area contributed by atoms with Gasteiger partial charge in [-0.3, -0.25) is 0 Å². The lowest BCUT2D eigenvalue weighted by molar-refractivity contribution is 0.374. The average molecular weight is 179 g/mol. The third-order valence-corrected chi connectivity index (χ3v) is 1.60. The zero-order valence-electron chi connectivity index (χ0n) is 6.93. The molecule has 0 saturated heterocycles. The minimum atomic E-state index is 0.269. The van der Waals surface area contributed by atoms with Crippen LogP contribution in [0.1, 0.15) is 17.5 Å². The minimum absolute atomic E-state index is 0.269. The molecule has 5 heteroatoms. The predicted molar refractivity (Wildman–Crippen MR) is 43.7 cm³/mol. The first-order chi connectivity index (χ1) is 6.38. The molecule has 5 nitrogen and oxygen atoms in total. The van der Waals surface area contributed by atoms with Crippen LogP contribution in [-0.4, -0.2) is 10.1 Å². The highest BCUT2D eigenvalue weighted by Gasteiger charge is 2.06. The molecule has 0 bridgehead atoms. The van der Waals surface area contributed by atoms with Gasteiger partial charge in [-0.05, 0) is 12.1 Å². The van der Waals surface area contributed by atoms with Crippen LogP contribution < -0.4 is 5.73 Å². The third-order valence-electron chi connectivity index (χ3n) is 1.60. The van der Waals surface area contributed by atoms with Gasteiger partial charge in [0.1, 0.15) is 5.76 Å². The molecule has 2 N–H and O–H groups in total. The molecule has 0 fully saturated rings. The van der Waals surface area contributed by atoms with E-state index in [0.29, 0.717) is 18.1 Å². The number of rotatable bonds is 3. The Morgan fingerprint density at radius 3 is 3.00 bits per heavy atom. The van der Waals surface area contributed by atoms with Crippen molar-refractivity contribution in [2.75, 3.05) is 0 Å². The summed E-state index contributed by atoms with van der Waals surface area (Å²) in [4.78, 5) is 4.04. The second-order valence-electron chi connectivity index (χ2n) is 2.56. The maximum Gasteiger partial charge on any atom is 0.240 e. The van der Waals surface area contributed by atoms with Crippen LogP contribution in [0, 0.1) is 0 Å². The van der Waals surface area contributed by atoms with E-state index in [0.717, 1.165) is 5.76 Å². The normalized spacial score (nSPS) is 10.5. The highest BCUT2D eigenvalue weighted by molar-refractivity contribution is 5.05. The molecule has 2 aromatic heterocycles. The Morgan fingerprint density at radius 1 is 1.46 bits per heavy atom. The van der Waals surface area contributed by atoms with Crippen molar-refractivity contribution in [1.29, 1.82) is 0 Å². The van der Waals surface area contributed by atoms with Gasteiger partial charge in [-0.25, -0.2) is 0 Å². The number of hydrogen-bond donors (Lipinski definition) is 1. The van der Waals surface area contributed by atoms with Gasteiger partial charge >= 0.3 is 0 Å². The second kappa shape index (κ2) is 3.40. The maximum absolute atomic E-state index is 5.32. The molecule has 0 aromatic carbocycles. The fourth-order valence-corrected chi connectivity index (χ4v) is 1.01. The summed E-state index contributed by atoms with van der Waals surface area (Å²) in [5.41, 5.74) is 5.32. The van der Waals surface area contributed by atoms with Crippen LogP contribution in [-0.2, 0) is 13.0 Å². The quantitative estimate of drug-likeness (QED) is 0.750. The topological polar surface area (TPSA) is 78.1 Å². The Hall–Kier alpha value is -1.62. The minimum Gasteiger partial charge on any atom is -0.469 e. The summed E-state index contributed by atoms with van der Waals surface area (Å²) in [7, 11) is 0. The Bertz CT molecular complexity index is 366. The lowest BCUT2D eigenvalue weighted by Gasteiger charge is -1.86. The number of nitrogens with two attached hydrogens (primary N) is 1. The maximum atomic E-state index is 5.32. The number of furan rings is 1. The molecule has 0 saturated carbocycles. The van der Waals surface area contributed by atoms with Gasteiger partial charge in [0.25, 0.3) is 0 Å². The van der Waals surface area contributed by atoms with Crippen LogP contribution in [0.15, 0.2) is 27.3 Å². The molecule has 2 aromatic rings. The van der Waals surface area contributed by atoms with E-state index in [-0.39, 0.29) is 6.54 Å². The van der Waals surface area contributed by atoms with Gasteiger partial charge < -0.3 is 14.7 Å². The van der Waals surface area contributed by atoms with Crippen molar-refractivity contribution in [3.63, 3.8) is 0 Å². The van der Waals surface area contributed by atoms with Gasteiger partial charge in [-0.15, -0.1) is 0 Å². The van der Waals surface area contributed by atoms with Gasteiger partial charge in [0.05, 0.1) is 19.2 Å². The van der Waals surface area contributed by atoms with Crippen molar-refractivity contribution in [2.45, 2.75) is 13.0 Å². The summed E-state index contributed by atoms with van der Waals surface area (Å²) in [5.74, 6) is 1.85. The molecule has 2 heterocycles. The standard InChI is InChI=1S/C8H9N3O2/c9-5-8-10-7(11-13-8)4-6-2-1-3-12-6/h1-3H,4-5,9H2. The third kappa shape index (κ3) is 1.75. The van der Waals surface area contributed by atoms with E-state index < -0.39 is 0 Å². The summed E-state index contributed by atoms with van der Waals surface area (Å²) < 4.78 is 9.96. The molecule has 68 valence electrons. The summed E-state index contributed by atoms with van der Waals surface area (Å²) in [6, 6.07) is 3.68. The zero-order chi connectivity index (χ0) is 9.10. The van der Waals surface area contributed by atoms with Crippen LogP contribution in [0.4, 0.5) is 0 Å². The van der Waals surface area contributed by atoms with Crippen LogP contribution in [0.5, 0.6) is 0 Å². The van der Waals surface area contributed by atoms with Crippen molar-refractivity contribution in [3.8, 4) is 0 Å². The largest absolute Gasteiger partial charge is 0.469 e. The lowest BCUT2D eigenvalue weighted by atomic mass is 10.3. The fraction of sp³-hybridized carbons (Fsp3) is 0.250. The molecule has 0 aliphatic heterocycles. The zero-order valence-corrected chi connectivity index (χ0v) is 6.93. The molecule has 0 unspecified atom stereocenters. The molecule has 0 amide bonds. The van der Waals surface area contributed by atoms with Gasteiger partial charge in [0.2, 0.25) is 5.89 Å². The average Bonchev–Trinajstić information content (AvgIpc) is 2.76. The Labute approximate surface area is 74.5 Å². The first-order valence-electron chi connectivity index (χ1n) is 3.92. The van der Waals surface area contributed by atoms with E-state index in [2.05, 4.69) is 10.1 Å². The van der Waals surface area contributed by atoms with Crippen LogP contribution >= 0.6 is 0 Å². The van der Waals surface area contributed by atoms with E-state index in [9.17, 15) is 0 Å². The van der Waals surface area contributed by atoms with E-state index in [1.54, 1.807) is 6.26 Å². The van der Waals surface area contributed by atoms with Crippen molar-refractivity contribution < 1.29 is 8.94 Å². The van der Waals surface area contributed by atoms with Crippen molar-refractivity contribution in [2.24, 2.45) is 5.73 Å². The van der Waals surface area contributed by atoms with Crippen molar-refractivity contribution in [1.82, 2.24) is 10.1 Å². The monoisotopic (exact) mass is 179 g/mol. The Morgan fingerprint density at radius 2 is 2.38 bits per heavy atom. The molecule has 0 aliphatic carbocycles. The Kier molecular flexibility index (Phi) is 2.09. The van der Waals surface area contributed by atoms with E-state index in [4.69, 9.17) is 14.7 Å². The second-order valence-corrected chi connectivity index (χ2v) is 2.56. The van der Waals surface area contributed by atoms with Gasteiger partial charge in [0, 0.05) is 0 Å². The molecule has 2 rings (SSSR count). The van der Waals surface area contributed by atoms with E-state index >= 15 is 0 Å². The molecule has 0 atom stereocenters.